The van der Waals surface area contributed by atoms with Crippen LogP contribution in [-0.2, 0) is 0 Å². The second-order valence-electron chi connectivity index (χ2n) is 4.12. The van der Waals surface area contributed by atoms with E-state index in [1.165, 1.54) is 0 Å². The Bertz CT molecular complexity index is 580. The Morgan fingerprint density at radius 3 is 2.94 bits per heavy atom. The highest BCUT2D eigenvalue weighted by Crippen LogP contribution is 2.38. The van der Waals surface area contributed by atoms with E-state index in [2.05, 4.69) is 15.0 Å². The van der Waals surface area contributed by atoms with Crippen LogP contribution in [0.4, 0.5) is 0 Å². The van der Waals surface area contributed by atoms with E-state index in [4.69, 9.17) is 0 Å². The third-order valence-electron chi connectivity index (χ3n) is 2.84. The van der Waals surface area contributed by atoms with Crippen LogP contribution in [0, 0.1) is 6.92 Å². The average molecular weight is 216 g/mol. The minimum atomic E-state index is -0.285. The van der Waals surface area contributed by atoms with Crippen LogP contribution < -0.4 is 5.69 Å². The Morgan fingerprint density at radius 1 is 1.50 bits per heavy atom. The van der Waals surface area contributed by atoms with E-state index in [0.717, 1.165) is 24.4 Å². The summed E-state index contributed by atoms with van der Waals surface area (Å²) in [5.41, 5.74) is 0.704. The molecule has 0 spiro atoms. The number of hydrogen-bond acceptors (Lipinski definition) is 3. The standard InChI is InChI=1S/C11H12N4O/c1-7-12-4-5-15(7)10-6-9(8-2-3-8)13-11(16)14-10/h4-6,8H,2-3H2,1H3,(H,13,14,16). The van der Waals surface area contributed by atoms with Gasteiger partial charge in [-0.2, -0.15) is 4.98 Å². The van der Waals surface area contributed by atoms with Gasteiger partial charge in [0.2, 0.25) is 0 Å². The number of nitrogens with one attached hydrogen (secondary N) is 1. The van der Waals surface area contributed by atoms with Crippen LogP contribution in [0.25, 0.3) is 5.82 Å². The first-order chi connectivity index (χ1) is 7.74. The average Bonchev–Trinajstić information content (AvgIpc) is 3.01. The van der Waals surface area contributed by atoms with E-state index >= 15 is 0 Å². The fourth-order valence-corrected chi connectivity index (χ4v) is 1.82. The fraction of sp³-hybridized carbons (Fsp3) is 0.364. The van der Waals surface area contributed by atoms with Crippen molar-refractivity contribution in [3.8, 4) is 5.82 Å². The van der Waals surface area contributed by atoms with Gasteiger partial charge in [-0.25, -0.2) is 9.78 Å². The van der Waals surface area contributed by atoms with Crippen LogP contribution >= 0.6 is 0 Å². The smallest absolute Gasteiger partial charge is 0.309 e. The summed E-state index contributed by atoms with van der Waals surface area (Å²) in [5.74, 6) is 2.00. The Hall–Kier alpha value is -1.91. The summed E-state index contributed by atoms with van der Waals surface area (Å²) in [7, 11) is 0. The molecule has 0 atom stereocenters. The highest BCUT2D eigenvalue weighted by Gasteiger charge is 2.25. The zero-order valence-electron chi connectivity index (χ0n) is 8.97. The Balaban J connectivity index is 2.13. The van der Waals surface area contributed by atoms with Gasteiger partial charge in [-0.05, 0) is 25.7 Å². The molecule has 1 N–H and O–H groups in total. The Labute approximate surface area is 92.2 Å². The van der Waals surface area contributed by atoms with Gasteiger partial charge in [0, 0.05) is 24.2 Å². The van der Waals surface area contributed by atoms with Crippen LogP contribution in [0.1, 0.15) is 30.3 Å². The summed E-state index contributed by atoms with van der Waals surface area (Å²) in [6, 6.07) is 1.94. The monoisotopic (exact) mass is 216 g/mol. The fourth-order valence-electron chi connectivity index (χ4n) is 1.82. The van der Waals surface area contributed by atoms with E-state index in [1.54, 1.807) is 6.20 Å². The predicted molar refractivity (Wildman–Crippen MR) is 58.7 cm³/mol. The quantitative estimate of drug-likeness (QED) is 0.818. The molecule has 1 aliphatic rings. The summed E-state index contributed by atoms with van der Waals surface area (Å²) >= 11 is 0. The molecule has 5 nitrogen and oxygen atoms in total. The van der Waals surface area contributed by atoms with Gasteiger partial charge in [0.1, 0.15) is 11.6 Å². The van der Waals surface area contributed by atoms with Crippen molar-refractivity contribution in [2.75, 3.05) is 0 Å². The zero-order valence-corrected chi connectivity index (χ0v) is 8.97. The molecule has 2 aromatic heterocycles. The largest absolute Gasteiger partial charge is 0.347 e. The highest BCUT2D eigenvalue weighted by molar-refractivity contribution is 5.28. The van der Waals surface area contributed by atoms with Gasteiger partial charge in [0.25, 0.3) is 0 Å². The maximum Gasteiger partial charge on any atom is 0.347 e. The molecular weight excluding hydrogens is 204 g/mol. The van der Waals surface area contributed by atoms with Crippen molar-refractivity contribution in [2.24, 2.45) is 0 Å². The van der Waals surface area contributed by atoms with E-state index in [1.807, 2.05) is 23.8 Å². The molecular formula is C11H12N4O. The van der Waals surface area contributed by atoms with E-state index in [-0.39, 0.29) is 5.69 Å². The summed E-state index contributed by atoms with van der Waals surface area (Å²) in [6.45, 7) is 1.89. The first-order valence-corrected chi connectivity index (χ1v) is 5.35. The van der Waals surface area contributed by atoms with Gasteiger partial charge in [0.05, 0.1) is 0 Å². The molecule has 0 amide bonds. The number of rotatable bonds is 2. The van der Waals surface area contributed by atoms with Crippen molar-refractivity contribution in [3.63, 3.8) is 0 Å². The molecule has 1 fully saturated rings. The third-order valence-corrected chi connectivity index (χ3v) is 2.84. The first kappa shape index (κ1) is 9.33. The lowest BCUT2D eigenvalue weighted by Gasteiger charge is -2.05. The van der Waals surface area contributed by atoms with E-state index in [0.29, 0.717) is 11.7 Å². The van der Waals surface area contributed by atoms with Crippen molar-refractivity contribution in [2.45, 2.75) is 25.7 Å². The number of aryl methyl sites for hydroxylation is 1. The molecule has 0 bridgehead atoms. The van der Waals surface area contributed by atoms with Crippen molar-refractivity contribution in [1.82, 2.24) is 19.5 Å². The SMILES string of the molecule is Cc1nccn1-c1cc(C2CC2)[nH]c(=O)n1. The number of aromatic nitrogens is 4. The second kappa shape index (κ2) is 3.30. The van der Waals surface area contributed by atoms with Gasteiger partial charge in [-0.15, -0.1) is 0 Å². The zero-order chi connectivity index (χ0) is 11.1. The second-order valence-corrected chi connectivity index (χ2v) is 4.12. The lowest BCUT2D eigenvalue weighted by atomic mass is 10.3. The topological polar surface area (TPSA) is 63.6 Å². The van der Waals surface area contributed by atoms with Crippen molar-refractivity contribution >= 4 is 0 Å². The lowest BCUT2D eigenvalue weighted by Crippen LogP contribution is -2.16. The van der Waals surface area contributed by atoms with E-state index in [9.17, 15) is 4.79 Å². The normalized spacial score (nSPS) is 15.3. The van der Waals surface area contributed by atoms with Gasteiger partial charge in [0.15, 0.2) is 0 Å². The molecule has 1 saturated carbocycles. The third kappa shape index (κ3) is 1.54. The lowest BCUT2D eigenvalue weighted by molar-refractivity contribution is 0.869. The molecule has 0 aromatic carbocycles. The summed E-state index contributed by atoms with van der Waals surface area (Å²) < 4.78 is 1.82. The molecule has 0 radical (unpaired) electrons. The van der Waals surface area contributed by atoms with Crippen molar-refractivity contribution in [3.05, 3.63) is 40.5 Å². The molecule has 2 heterocycles. The number of imidazole rings is 1. The maximum absolute atomic E-state index is 11.4. The molecule has 1 aliphatic carbocycles. The van der Waals surface area contributed by atoms with Crippen molar-refractivity contribution in [1.29, 1.82) is 0 Å². The van der Waals surface area contributed by atoms with Crippen LogP contribution in [0.2, 0.25) is 0 Å². The molecule has 2 aromatic rings. The summed E-state index contributed by atoms with van der Waals surface area (Å²) in [6.07, 6.45) is 5.83. The van der Waals surface area contributed by atoms with Crippen LogP contribution in [0.3, 0.4) is 0 Å². The molecule has 16 heavy (non-hydrogen) atoms. The molecule has 82 valence electrons. The Kier molecular flexibility index (Phi) is 1.92. The van der Waals surface area contributed by atoms with Gasteiger partial charge in [-0.1, -0.05) is 0 Å². The molecule has 0 saturated heterocycles. The minimum absolute atomic E-state index is 0.285. The van der Waals surface area contributed by atoms with Crippen LogP contribution in [0.5, 0.6) is 0 Å². The summed E-state index contributed by atoms with van der Waals surface area (Å²) in [4.78, 5) is 22.3. The predicted octanol–water partition coefficient (Wildman–Crippen LogP) is 1.14. The van der Waals surface area contributed by atoms with Gasteiger partial charge in [-0.3, -0.25) is 4.57 Å². The molecule has 5 heteroatoms. The van der Waals surface area contributed by atoms with Crippen LogP contribution in [0.15, 0.2) is 23.3 Å². The number of nitrogens with zero attached hydrogens (tertiary/aromatic N) is 3. The number of aromatic amines is 1. The minimum Gasteiger partial charge on any atom is -0.309 e. The molecule has 0 unspecified atom stereocenters. The molecule has 3 rings (SSSR count). The first-order valence-electron chi connectivity index (χ1n) is 5.35. The van der Waals surface area contributed by atoms with Gasteiger partial charge >= 0.3 is 5.69 Å². The van der Waals surface area contributed by atoms with Gasteiger partial charge < -0.3 is 4.98 Å². The maximum atomic E-state index is 11.4. The number of H-pyrrole nitrogens is 1. The van der Waals surface area contributed by atoms with Crippen LogP contribution in [-0.4, -0.2) is 19.5 Å². The highest BCUT2D eigenvalue weighted by atomic mass is 16.1. The number of hydrogen-bond donors (Lipinski definition) is 1. The molecule has 0 aliphatic heterocycles. The van der Waals surface area contributed by atoms with Crippen molar-refractivity contribution < 1.29 is 0 Å². The van der Waals surface area contributed by atoms with E-state index < -0.39 is 0 Å². The summed E-state index contributed by atoms with van der Waals surface area (Å²) in [5, 5.41) is 0. The Morgan fingerprint density at radius 2 is 2.31 bits per heavy atom.